The number of sulfone groups is 2. The third kappa shape index (κ3) is 7.95. The summed E-state index contributed by atoms with van der Waals surface area (Å²) >= 11 is 0. The monoisotopic (exact) mass is 352 g/mol. The lowest BCUT2D eigenvalue weighted by molar-refractivity contribution is 0.555. The smallest absolute Gasteiger partial charge is 0.154 e. The van der Waals surface area contributed by atoms with Gasteiger partial charge in [-0.3, -0.25) is 0 Å². The van der Waals surface area contributed by atoms with Crippen LogP contribution in [-0.2, 0) is 19.7 Å². The second-order valence-corrected chi connectivity index (χ2v) is 11.2. The Morgan fingerprint density at radius 2 is 1.36 bits per heavy atom. The van der Waals surface area contributed by atoms with Gasteiger partial charge in [-0.25, -0.2) is 16.8 Å². The molecule has 0 bridgehead atoms. The van der Waals surface area contributed by atoms with Crippen molar-refractivity contribution in [3.63, 3.8) is 0 Å². The predicted octanol–water partition coefficient (Wildman–Crippen LogP) is 3.51. The maximum atomic E-state index is 12.1. The van der Waals surface area contributed by atoms with Crippen LogP contribution in [0.4, 0.5) is 0 Å². The Kier molecular flexibility index (Phi) is 8.98. The Morgan fingerprint density at radius 1 is 0.864 bits per heavy atom. The van der Waals surface area contributed by atoms with E-state index in [2.05, 4.69) is 6.92 Å². The molecule has 132 valence electrons. The molecule has 0 amide bonds. The van der Waals surface area contributed by atoms with Gasteiger partial charge in [0, 0.05) is 0 Å². The Bertz CT molecular complexity index is 494. The van der Waals surface area contributed by atoms with Gasteiger partial charge in [0.15, 0.2) is 19.7 Å². The van der Waals surface area contributed by atoms with Gasteiger partial charge in [0.05, 0.1) is 22.5 Å². The SMILES string of the molecule is CCCCCCCCCCCCS(=O)(=O)C1CCS(=O)(=O)C1. The molecule has 0 radical (unpaired) electrons. The molecule has 0 spiro atoms. The third-order valence-corrected chi connectivity index (χ3v) is 8.74. The second-order valence-electron chi connectivity index (χ2n) is 6.57. The van der Waals surface area contributed by atoms with Crippen LogP contribution < -0.4 is 0 Å². The molecule has 0 aromatic heterocycles. The highest BCUT2D eigenvalue weighted by Crippen LogP contribution is 2.21. The molecule has 0 N–H and O–H groups in total. The normalized spacial score (nSPS) is 21.2. The van der Waals surface area contributed by atoms with Gasteiger partial charge in [0.1, 0.15) is 0 Å². The molecule has 0 saturated carbocycles. The fourth-order valence-corrected chi connectivity index (χ4v) is 7.56. The van der Waals surface area contributed by atoms with Gasteiger partial charge in [0.2, 0.25) is 0 Å². The van der Waals surface area contributed by atoms with Crippen molar-refractivity contribution in [3.8, 4) is 0 Å². The lowest BCUT2D eigenvalue weighted by Gasteiger charge is -2.09. The molecule has 0 aromatic carbocycles. The van der Waals surface area contributed by atoms with Crippen LogP contribution in [0.5, 0.6) is 0 Å². The summed E-state index contributed by atoms with van der Waals surface area (Å²) in [7, 11) is -6.33. The fraction of sp³-hybridized carbons (Fsp3) is 1.00. The summed E-state index contributed by atoms with van der Waals surface area (Å²) in [5.74, 6) is 0.0334. The van der Waals surface area contributed by atoms with Gasteiger partial charge in [0.25, 0.3) is 0 Å². The molecule has 1 fully saturated rings. The van der Waals surface area contributed by atoms with Crippen LogP contribution in [0.1, 0.15) is 77.6 Å². The van der Waals surface area contributed by atoms with E-state index >= 15 is 0 Å². The van der Waals surface area contributed by atoms with Crippen molar-refractivity contribution in [2.75, 3.05) is 17.3 Å². The van der Waals surface area contributed by atoms with Crippen molar-refractivity contribution in [2.24, 2.45) is 0 Å². The molecule has 6 heteroatoms. The molecular formula is C16H32O4S2. The van der Waals surface area contributed by atoms with Crippen molar-refractivity contribution < 1.29 is 16.8 Å². The average molecular weight is 353 g/mol. The van der Waals surface area contributed by atoms with Crippen LogP contribution in [0, 0.1) is 0 Å². The van der Waals surface area contributed by atoms with E-state index in [9.17, 15) is 16.8 Å². The summed E-state index contributed by atoms with van der Waals surface area (Å²) in [6.07, 6.45) is 12.0. The lowest BCUT2D eigenvalue weighted by Crippen LogP contribution is -2.25. The molecule has 4 nitrogen and oxygen atoms in total. The molecular weight excluding hydrogens is 320 g/mol. The molecule has 1 unspecified atom stereocenters. The first-order valence-corrected chi connectivity index (χ1v) is 12.3. The highest BCUT2D eigenvalue weighted by Gasteiger charge is 2.36. The van der Waals surface area contributed by atoms with Crippen molar-refractivity contribution in [3.05, 3.63) is 0 Å². The molecule has 22 heavy (non-hydrogen) atoms. The van der Waals surface area contributed by atoms with Crippen LogP contribution in [-0.4, -0.2) is 39.3 Å². The van der Waals surface area contributed by atoms with Gasteiger partial charge in [-0.2, -0.15) is 0 Å². The molecule has 1 rings (SSSR count). The van der Waals surface area contributed by atoms with Crippen LogP contribution in [0.25, 0.3) is 0 Å². The first-order valence-electron chi connectivity index (χ1n) is 8.79. The highest BCUT2D eigenvalue weighted by molar-refractivity contribution is 7.96. The topological polar surface area (TPSA) is 68.3 Å². The largest absolute Gasteiger partial charge is 0.229 e. The first-order chi connectivity index (χ1) is 10.4. The van der Waals surface area contributed by atoms with Gasteiger partial charge in [-0.1, -0.05) is 64.7 Å². The fourth-order valence-electron chi connectivity index (χ4n) is 3.00. The zero-order chi connectivity index (χ0) is 16.5. The molecule has 1 heterocycles. The summed E-state index contributed by atoms with van der Waals surface area (Å²) in [6.45, 7) is 2.22. The van der Waals surface area contributed by atoms with E-state index in [-0.39, 0.29) is 17.3 Å². The minimum absolute atomic E-state index is 0.0366. The minimum Gasteiger partial charge on any atom is -0.229 e. The molecule has 1 saturated heterocycles. The number of rotatable bonds is 12. The summed E-state index contributed by atoms with van der Waals surface area (Å²) in [6, 6.07) is 0. The maximum Gasteiger partial charge on any atom is 0.154 e. The maximum absolute atomic E-state index is 12.1. The van der Waals surface area contributed by atoms with Crippen molar-refractivity contribution in [1.29, 1.82) is 0 Å². The summed E-state index contributed by atoms with van der Waals surface area (Å²) in [5, 5.41) is -0.643. The Labute approximate surface area is 136 Å². The minimum atomic E-state index is -3.22. The van der Waals surface area contributed by atoms with E-state index in [4.69, 9.17) is 0 Å². The molecule has 1 aliphatic heterocycles. The standard InChI is InChI=1S/C16H32O4S2/c1-2-3-4-5-6-7-8-9-10-11-13-22(19,20)16-12-14-21(17,18)15-16/h16H,2-15H2,1H3. The average Bonchev–Trinajstić information content (AvgIpc) is 2.82. The van der Waals surface area contributed by atoms with Crippen LogP contribution in [0.15, 0.2) is 0 Å². The summed E-state index contributed by atoms with van der Waals surface area (Å²) in [4.78, 5) is 0. The van der Waals surface area contributed by atoms with Gasteiger partial charge in [-0.15, -0.1) is 0 Å². The van der Waals surface area contributed by atoms with E-state index in [0.29, 0.717) is 12.8 Å². The van der Waals surface area contributed by atoms with E-state index in [1.54, 1.807) is 0 Å². The van der Waals surface area contributed by atoms with Crippen LogP contribution >= 0.6 is 0 Å². The summed E-state index contributed by atoms with van der Waals surface area (Å²) < 4.78 is 46.9. The van der Waals surface area contributed by atoms with Crippen molar-refractivity contribution in [1.82, 2.24) is 0 Å². The lowest BCUT2D eigenvalue weighted by atomic mass is 10.1. The van der Waals surface area contributed by atoms with Gasteiger partial charge in [-0.05, 0) is 12.8 Å². The number of unbranched alkanes of at least 4 members (excludes halogenated alkanes) is 9. The predicted molar refractivity (Wildman–Crippen MR) is 92.7 cm³/mol. The molecule has 0 aliphatic carbocycles. The van der Waals surface area contributed by atoms with Gasteiger partial charge >= 0.3 is 0 Å². The number of hydrogen-bond donors (Lipinski definition) is 0. The van der Waals surface area contributed by atoms with Crippen LogP contribution in [0.3, 0.4) is 0 Å². The zero-order valence-corrected chi connectivity index (χ0v) is 15.6. The quantitative estimate of drug-likeness (QED) is 0.504. The second kappa shape index (κ2) is 9.91. The Morgan fingerprint density at radius 3 is 1.82 bits per heavy atom. The van der Waals surface area contributed by atoms with E-state index in [0.717, 1.165) is 12.8 Å². The summed E-state index contributed by atoms with van der Waals surface area (Å²) in [5.41, 5.74) is 0. The molecule has 0 aromatic rings. The van der Waals surface area contributed by atoms with Crippen LogP contribution in [0.2, 0.25) is 0 Å². The van der Waals surface area contributed by atoms with Crippen molar-refractivity contribution >= 4 is 19.7 Å². The molecule has 1 atom stereocenters. The highest BCUT2D eigenvalue weighted by atomic mass is 32.2. The Balaban J connectivity index is 2.04. The van der Waals surface area contributed by atoms with Crippen molar-refractivity contribution in [2.45, 2.75) is 82.8 Å². The third-order valence-electron chi connectivity index (χ3n) is 4.48. The van der Waals surface area contributed by atoms with E-state index in [1.165, 1.54) is 44.9 Å². The van der Waals surface area contributed by atoms with Gasteiger partial charge < -0.3 is 0 Å². The van der Waals surface area contributed by atoms with E-state index in [1.807, 2.05) is 0 Å². The van der Waals surface area contributed by atoms with E-state index < -0.39 is 24.9 Å². The number of hydrogen-bond acceptors (Lipinski definition) is 4. The Hall–Kier alpha value is -0.100. The zero-order valence-electron chi connectivity index (χ0n) is 13.9. The first kappa shape index (κ1) is 19.9. The molecule has 1 aliphatic rings.